The number of aliphatic hydroxyl groups excluding tert-OH is 1. The lowest BCUT2D eigenvalue weighted by atomic mass is 10.1. The van der Waals surface area contributed by atoms with Crippen LogP contribution in [0.25, 0.3) is 0 Å². The fourth-order valence-electron chi connectivity index (χ4n) is 2.84. The lowest BCUT2D eigenvalue weighted by Gasteiger charge is -2.21. The molecular formula is C13H22N4O3. The monoisotopic (exact) mass is 282 g/mol. The van der Waals surface area contributed by atoms with E-state index in [2.05, 4.69) is 5.10 Å². The van der Waals surface area contributed by atoms with Crippen molar-refractivity contribution in [1.82, 2.24) is 9.78 Å². The van der Waals surface area contributed by atoms with Crippen LogP contribution in [0.3, 0.4) is 0 Å². The Kier molecular flexibility index (Phi) is 4.27. The third kappa shape index (κ3) is 2.63. The first-order valence-corrected chi connectivity index (χ1v) is 7.13. The summed E-state index contributed by atoms with van der Waals surface area (Å²) in [5.41, 5.74) is 6.21. The Balaban J connectivity index is 2.45. The molecule has 0 aliphatic heterocycles. The van der Waals surface area contributed by atoms with Crippen molar-refractivity contribution in [2.75, 3.05) is 5.73 Å². The van der Waals surface area contributed by atoms with Gasteiger partial charge in [-0.3, -0.25) is 10.1 Å². The molecule has 1 heterocycles. The van der Waals surface area contributed by atoms with E-state index in [1.807, 2.05) is 13.8 Å². The molecule has 1 aliphatic rings. The summed E-state index contributed by atoms with van der Waals surface area (Å²) in [5.74, 6) is -0.0217. The lowest BCUT2D eigenvalue weighted by Crippen LogP contribution is -2.25. The zero-order valence-corrected chi connectivity index (χ0v) is 12.0. The van der Waals surface area contributed by atoms with Crippen LogP contribution in [0.4, 0.5) is 11.5 Å². The molecule has 1 saturated carbocycles. The van der Waals surface area contributed by atoms with Gasteiger partial charge in [0.25, 0.3) is 0 Å². The molecule has 2 rings (SSSR count). The Morgan fingerprint density at radius 2 is 2.05 bits per heavy atom. The zero-order valence-electron chi connectivity index (χ0n) is 12.0. The van der Waals surface area contributed by atoms with Gasteiger partial charge in [0.2, 0.25) is 5.82 Å². The molecule has 0 radical (unpaired) electrons. The number of nitrogen functional groups attached to an aromatic ring is 1. The average Bonchev–Trinajstić information content (AvgIpc) is 2.57. The number of aliphatic hydroxyl groups is 1. The second-order valence-electron chi connectivity index (χ2n) is 5.75. The molecular weight excluding hydrogens is 260 g/mol. The predicted molar refractivity (Wildman–Crippen MR) is 75.5 cm³/mol. The van der Waals surface area contributed by atoms with E-state index in [4.69, 9.17) is 5.73 Å². The number of nitrogens with zero attached hydrogens (tertiary/aromatic N) is 3. The highest BCUT2D eigenvalue weighted by molar-refractivity contribution is 5.57. The summed E-state index contributed by atoms with van der Waals surface area (Å²) in [4.78, 5) is 10.7. The highest BCUT2D eigenvalue weighted by atomic mass is 16.6. The molecule has 20 heavy (non-hydrogen) atoms. The minimum atomic E-state index is -0.542. The van der Waals surface area contributed by atoms with Gasteiger partial charge in [0.15, 0.2) is 0 Å². The van der Waals surface area contributed by atoms with Crippen LogP contribution in [0.1, 0.15) is 63.6 Å². The topological polar surface area (TPSA) is 107 Å². The lowest BCUT2D eigenvalue weighted by molar-refractivity contribution is -0.384. The minimum absolute atomic E-state index is 0.0599. The van der Waals surface area contributed by atoms with Crippen LogP contribution in [-0.4, -0.2) is 25.9 Å². The second-order valence-corrected chi connectivity index (χ2v) is 5.75. The molecule has 1 fully saturated rings. The summed E-state index contributed by atoms with van der Waals surface area (Å²) in [7, 11) is 0. The Labute approximate surface area is 117 Å². The molecule has 1 aliphatic carbocycles. The summed E-state index contributed by atoms with van der Waals surface area (Å²) in [6.07, 6.45) is 3.91. The maximum Gasteiger partial charge on any atom is 0.334 e. The van der Waals surface area contributed by atoms with Crippen LogP contribution in [0.15, 0.2) is 0 Å². The van der Waals surface area contributed by atoms with Crippen molar-refractivity contribution in [2.24, 2.45) is 0 Å². The quantitative estimate of drug-likeness (QED) is 0.502. The number of hydrogen-bond donors (Lipinski definition) is 2. The molecule has 2 unspecified atom stereocenters. The molecule has 0 amide bonds. The highest BCUT2D eigenvalue weighted by Crippen LogP contribution is 2.36. The van der Waals surface area contributed by atoms with Crippen molar-refractivity contribution >= 4 is 11.5 Å². The van der Waals surface area contributed by atoms with E-state index in [-0.39, 0.29) is 23.5 Å². The fraction of sp³-hybridized carbons (Fsp3) is 0.769. The Hall–Kier alpha value is -1.63. The smallest absolute Gasteiger partial charge is 0.334 e. The summed E-state index contributed by atoms with van der Waals surface area (Å²) >= 11 is 0. The number of anilines is 1. The summed E-state index contributed by atoms with van der Waals surface area (Å²) in [5, 5.41) is 25.8. The van der Waals surface area contributed by atoms with Crippen molar-refractivity contribution in [3.8, 4) is 0 Å². The van der Waals surface area contributed by atoms with Crippen LogP contribution in [0.2, 0.25) is 0 Å². The molecule has 7 heteroatoms. The highest BCUT2D eigenvalue weighted by Gasteiger charge is 2.33. The molecule has 7 nitrogen and oxygen atoms in total. The first kappa shape index (κ1) is 14.8. The Morgan fingerprint density at radius 3 is 2.60 bits per heavy atom. The van der Waals surface area contributed by atoms with Crippen molar-refractivity contribution in [2.45, 2.75) is 64.0 Å². The van der Waals surface area contributed by atoms with Gasteiger partial charge in [0, 0.05) is 5.92 Å². The number of rotatable bonds is 3. The van der Waals surface area contributed by atoms with Gasteiger partial charge in [-0.05, 0) is 12.8 Å². The summed E-state index contributed by atoms with van der Waals surface area (Å²) in [6, 6.07) is -0.260. The molecule has 0 bridgehead atoms. The van der Waals surface area contributed by atoms with Crippen LogP contribution in [0.5, 0.6) is 0 Å². The maximum atomic E-state index is 11.2. The fourth-order valence-corrected chi connectivity index (χ4v) is 2.84. The van der Waals surface area contributed by atoms with E-state index < -0.39 is 11.0 Å². The Bertz CT molecular complexity index is 498. The van der Waals surface area contributed by atoms with E-state index in [1.165, 1.54) is 4.68 Å². The molecule has 3 N–H and O–H groups in total. The van der Waals surface area contributed by atoms with Gasteiger partial charge in [-0.2, -0.15) is 5.10 Å². The van der Waals surface area contributed by atoms with Crippen molar-refractivity contribution in [1.29, 1.82) is 0 Å². The number of hydrogen-bond acceptors (Lipinski definition) is 5. The molecule has 2 atom stereocenters. The maximum absolute atomic E-state index is 11.2. The van der Waals surface area contributed by atoms with Gasteiger partial charge in [-0.25, -0.2) is 4.68 Å². The van der Waals surface area contributed by atoms with Gasteiger partial charge in [-0.1, -0.05) is 33.1 Å². The SMILES string of the molecule is CC(C)c1nn(C2CCCCCC2O)c(N)c1[N+](=O)[O-]. The van der Waals surface area contributed by atoms with E-state index in [9.17, 15) is 15.2 Å². The first-order chi connectivity index (χ1) is 9.43. The number of nitro groups is 1. The third-order valence-electron chi connectivity index (χ3n) is 3.94. The summed E-state index contributed by atoms with van der Waals surface area (Å²) in [6.45, 7) is 3.70. The van der Waals surface area contributed by atoms with E-state index in [0.717, 1.165) is 25.7 Å². The summed E-state index contributed by atoms with van der Waals surface area (Å²) < 4.78 is 1.48. The van der Waals surface area contributed by atoms with Crippen LogP contribution < -0.4 is 5.73 Å². The zero-order chi connectivity index (χ0) is 14.9. The van der Waals surface area contributed by atoms with Gasteiger partial charge < -0.3 is 10.8 Å². The largest absolute Gasteiger partial charge is 0.391 e. The van der Waals surface area contributed by atoms with Crippen molar-refractivity contribution in [3.63, 3.8) is 0 Å². The van der Waals surface area contributed by atoms with E-state index in [0.29, 0.717) is 12.1 Å². The van der Waals surface area contributed by atoms with Crippen LogP contribution in [-0.2, 0) is 0 Å². The molecule has 1 aromatic heterocycles. The van der Waals surface area contributed by atoms with Gasteiger partial charge in [0.1, 0.15) is 5.69 Å². The normalized spacial score (nSPS) is 23.8. The van der Waals surface area contributed by atoms with Gasteiger partial charge in [0.05, 0.1) is 17.1 Å². The predicted octanol–water partition coefficient (Wildman–Crippen LogP) is 2.36. The van der Waals surface area contributed by atoms with Gasteiger partial charge in [-0.15, -0.1) is 0 Å². The van der Waals surface area contributed by atoms with Crippen LogP contribution >= 0.6 is 0 Å². The van der Waals surface area contributed by atoms with Crippen molar-refractivity contribution in [3.05, 3.63) is 15.8 Å². The van der Waals surface area contributed by atoms with Crippen LogP contribution in [0, 0.1) is 10.1 Å². The average molecular weight is 282 g/mol. The molecule has 0 saturated heterocycles. The van der Waals surface area contributed by atoms with Gasteiger partial charge >= 0.3 is 5.69 Å². The minimum Gasteiger partial charge on any atom is -0.391 e. The molecule has 0 spiro atoms. The third-order valence-corrected chi connectivity index (χ3v) is 3.94. The van der Waals surface area contributed by atoms with Crippen molar-refractivity contribution < 1.29 is 10.0 Å². The van der Waals surface area contributed by atoms with E-state index in [1.54, 1.807) is 0 Å². The molecule has 0 aromatic carbocycles. The second kappa shape index (κ2) is 5.78. The molecule has 112 valence electrons. The first-order valence-electron chi connectivity index (χ1n) is 7.13. The van der Waals surface area contributed by atoms with E-state index >= 15 is 0 Å². The standard InChI is InChI=1S/C13H22N4O3/c1-8(2)11-12(17(19)20)13(14)16(15-11)9-6-4-3-5-7-10(9)18/h8-10,18H,3-7,14H2,1-2H3. The number of aromatic nitrogens is 2. The molecule has 1 aromatic rings. The number of nitrogens with two attached hydrogens (primary N) is 1. The Morgan fingerprint density at radius 1 is 1.40 bits per heavy atom.